The number of hydrogen-bond acceptors (Lipinski definition) is 13. The van der Waals surface area contributed by atoms with Crippen molar-refractivity contribution in [1.82, 2.24) is 41.7 Å². The van der Waals surface area contributed by atoms with E-state index < -0.39 is 126 Å². The Bertz CT molecular complexity index is 2190. The number of aromatic hydroxyl groups is 2. The van der Waals surface area contributed by atoms with Gasteiger partial charge < -0.3 is 63.0 Å². The number of amides is 8. The van der Waals surface area contributed by atoms with Crippen molar-refractivity contribution in [1.29, 1.82) is 0 Å². The molecule has 0 saturated carbocycles. The molecule has 8 atom stereocenters. The zero-order valence-corrected chi connectivity index (χ0v) is 38.2. The van der Waals surface area contributed by atoms with Gasteiger partial charge in [-0.25, -0.2) is 0 Å². The first-order valence-corrected chi connectivity index (χ1v) is 22.2. The van der Waals surface area contributed by atoms with Crippen LogP contribution in [0.5, 0.6) is 11.5 Å². The number of carboxylic acid groups (broad SMARTS) is 2. The number of likely N-dealkylation sites (tertiary alicyclic amines) is 2. The van der Waals surface area contributed by atoms with E-state index in [1.165, 1.54) is 55.5 Å². The van der Waals surface area contributed by atoms with Crippen molar-refractivity contribution in [2.24, 2.45) is 11.7 Å². The fourth-order valence-corrected chi connectivity index (χ4v) is 7.88. The summed E-state index contributed by atoms with van der Waals surface area (Å²) in [5, 5.41) is 53.8. The van der Waals surface area contributed by atoms with Crippen LogP contribution in [-0.2, 0) is 60.8 Å². The minimum Gasteiger partial charge on any atom is -0.508 e. The van der Waals surface area contributed by atoms with Crippen molar-refractivity contribution < 1.29 is 68.4 Å². The van der Waals surface area contributed by atoms with Gasteiger partial charge in [-0.1, -0.05) is 38.1 Å². The molecule has 8 unspecified atom stereocenters. The van der Waals surface area contributed by atoms with E-state index in [0.29, 0.717) is 24.1 Å². The third kappa shape index (κ3) is 15.4. The number of primary amides is 1. The number of nitrogens with one attached hydrogen (secondary N) is 6. The van der Waals surface area contributed by atoms with Crippen molar-refractivity contribution >= 4 is 59.2 Å². The Labute approximate surface area is 391 Å². The Morgan fingerprint density at radius 3 is 1.49 bits per heavy atom. The lowest BCUT2D eigenvalue weighted by atomic mass is 10.0. The Balaban J connectivity index is 1.51. The smallest absolute Gasteiger partial charge is 0.305 e. The van der Waals surface area contributed by atoms with Gasteiger partial charge in [0.25, 0.3) is 0 Å². The van der Waals surface area contributed by atoms with Crippen LogP contribution in [0.3, 0.4) is 0 Å². The predicted octanol–water partition coefficient (Wildman–Crippen LogP) is -2.01. The van der Waals surface area contributed by atoms with Crippen molar-refractivity contribution in [3.05, 3.63) is 59.7 Å². The average Bonchev–Trinajstić information content (AvgIpc) is 3.95. The highest BCUT2D eigenvalue weighted by atomic mass is 16.4. The quantitative estimate of drug-likeness (QED) is 0.0573. The first-order chi connectivity index (χ1) is 32.0. The van der Waals surface area contributed by atoms with Gasteiger partial charge in [-0.15, -0.1) is 0 Å². The van der Waals surface area contributed by atoms with E-state index in [9.17, 15) is 68.4 Å². The van der Waals surface area contributed by atoms with E-state index in [4.69, 9.17) is 5.73 Å². The number of rotatable bonds is 23. The fourth-order valence-electron chi connectivity index (χ4n) is 7.88. The Kier molecular flexibility index (Phi) is 19.2. The van der Waals surface area contributed by atoms with Gasteiger partial charge in [-0.05, 0) is 87.5 Å². The van der Waals surface area contributed by atoms with Gasteiger partial charge in [0.05, 0.1) is 18.9 Å². The number of phenolic OH excluding ortho intramolecular Hbond substituents is 2. The lowest BCUT2D eigenvalue weighted by Crippen LogP contribution is -2.61. The fraction of sp³-hybridized carbons (Fsp3) is 0.511. The zero-order valence-electron chi connectivity index (χ0n) is 38.2. The lowest BCUT2D eigenvalue weighted by Gasteiger charge is -2.32. The highest BCUT2D eigenvalue weighted by Crippen LogP contribution is 2.22. The van der Waals surface area contributed by atoms with Gasteiger partial charge in [0.1, 0.15) is 53.8 Å². The average molecular weight is 952 g/mol. The molecule has 0 spiro atoms. The van der Waals surface area contributed by atoms with Crippen LogP contribution in [0.1, 0.15) is 70.4 Å². The molecule has 2 saturated heterocycles. The molecular formula is C45H61N9O14. The summed E-state index contributed by atoms with van der Waals surface area (Å²) in [5.41, 5.74) is 6.27. The summed E-state index contributed by atoms with van der Waals surface area (Å²) >= 11 is 0. The van der Waals surface area contributed by atoms with E-state index in [1.807, 2.05) is 4.90 Å². The number of nitrogens with zero attached hydrogens (tertiary/aromatic N) is 2. The summed E-state index contributed by atoms with van der Waals surface area (Å²) in [6.07, 6.45) is -0.569. The van der Waals surface area contributed by atoms with Crippen molar-refractivity contribution in [2.75, 3.05) is 20.1 Å². The maximum Gasteiger partial charge on any atom is 0.305 e. The Morgan fingerprint density at radius 1 is 0.588 bits per heavy atom. The molecule has 8 amide bonds. The van der Waals surface area contributed by atoms with E-state index in [-0.39, 0.29) is 43.7 Å². The standard InChI is InChI=1S/C45H61N9O14/c1-23(2)37(52-42(65)32(22-36(59)60)49-40(63)30(20-26-11-15-28(56)16-12-26)50-43(66)33-7-5-17-53(33)4)45(68)54-18-6-8-34(54)44(67)51-31(21-35(57)58)41(64)48-29(39(62)47-24(3)38(46)61)19-25-9-13-27(55)14-10-25/h9-16,23-24,29-34,37,55-56H,5-8,17-22H2,1-4H3,(H2,46,61)(H,47,62)(H,48,64)(H,49,63)(H,50,66)(H,51,67)(H,52,65)(H,57,58)(H,59,60). The Morgan fingerprint density at radius 2 is 1.00 bits per heavy atom. The van der Waals surface area contributed by atoms with Gasteiger partial charge in [-0.3, -0.25) is 52.8 Å². The minimum absolute atomic E-state index is 0.0111. The molecule has 23 nitrogen and oxygen atoms in total. The normalized spacial score (nSPS) is 18.5. The van der Waals surface area contributed by atoms with E-state index in [1.54, 1.807) is 20.9 Å². The first kappa shape index (κ1) is 53.3. The molecule has 2 aliphatic heterocycles. The summed E-state index contributed by atoms with van der Waals surface area (Å²) in [7, 11) is 1.76. The molecule has 23 heteroatoms. The van der Waals surface area contributed by atoms with Crippen LogP contribution in [0.25, 0.3) is 0 Å². The van der Waals surface area contributed by atoms with Crippen LogP contribution < -0.4 is 37.6 Å². The molecule has 2 aromatic rings. The van der Waals surface area contributed by atoms with E-state index in [2.05, 4.69) is 31.9 Å². The number of carboxylic acids is 2. The van der Waals surface area contributed by atoms with Crippen LogP contribution in [0.2, 0.25) is 0 Å². The first-order valence-electron chi connectivity index (χ1n) is 22.2. The number of carbonyl (C=O) groups excluding carboxylic acids is 8. The molecule has 0 aliphatic carbocycles. The predicted molar refractivity (Wildman–Crippen MR) is 240 cm³/mol. The van der Waals surface area contributed by atoms with Crippen molar-refractivity contribution in [3.63, 3.8) is 0 Å². The molecule has 4 rings (SSSR count). The van der Waals surface area contributed by atoms with Crippen LogP contribution >= 0.6 is 0 Å². The maximum absolute atomic E-state index is 14.3. The van der Waals surface area contributed by atoms with Gasteiger partial charge in [0, 0.05) is 19.4 Å². The molecule has 0 radical (unpaired) electrons. The number of nitrogens with two attached hydrogens (primary N) is 1. The second-order valence-corrected chi connectivity index (χ2v) is 17.4. The molecule has 2 fully saturated rings. The number of likely N-dealkylation sites (N-methyl/N-ethyl adjacent to an activating group) is 1. The van der Waals surface area contributed by atoms with Crippen molar-refractivity contribution in [2.45, 2.75) is 120 Å². The lowest BCUT2D eigenvalue weighted by molar-refractivity contribution is -0.145. The zero-order chi connectivity index (χ0) is 50.4. The maximum atomic E-state index is 14.3. The van der Waals surface area contributed by atoms with Gasteiger partial charge >= 0.3 is 11.9 Å². The molecule has 2 aromatic carbocycles. The second kappa shape index (κ2) is 24.5. The Hall–Kier alpha value is -7.30. The molecule has 68 heavy (non-hydrogen) atoms. The highest BCUT2D eigenvalue weighted by molar-refractivity contribution is 5.99. The number of phenols is 2. The molecule has 0 aromatic heterocycles. The summed E-state index contributed by atoms with van der Waals surface area (Å²) in [5.74, 6) is -10.8. The van der Waals surface area contributed by atoms with Crippen LogP contribution in [0.15, 0.2) is 48.5 Å². The van der Waals surface area contributed by atoms with Gasteiger partial charge in [0.2, 0.25) is 47.3 Å². The third-order valence-corrected chi connectivity index (χ3v) is 11.7. The minimum atomic E-state index is -1.79. The SMILES string of the molecule is CC(NC(=O)C(Cc1ccc(O)cc1)NC(=O)C(CC(=O)O)NC(=O)C1CCCN1C(=O)C(NC(=O)C(CC(=O)O)NC(=O)C(Cc1ccc(O)cc1)NC(=O)C1CCCN1C)C(C)C)C(N)=O. The number of benzene rings is 2. The molecule has 12 N–H and O–H groups in total. The number of aliphatic carboxylic acids is 2. The highest BCUT2D eigenvalue weighted by Gasteiger charge is 2.42. The molecular weight excluding hydrogens is 891 g/mol. The summed E-state index contributed by atoms with van der Waals surface area (Å²) in [4.78, 5) is 135. The van der Waals surface area contributed by atoms with Gasteiger partial charge in [-0.2, -0.15) is 0 Å². The second-order valence-electron chi connectivity index (χ2n) is 17.4. The van der Waals surface area contributed by atoms with E-state index >= 15 is 0 Å². The van der Waals surface area contributed by atoms with Crippen molar-refractivity contribution in [3.8, 4) is 11.5 Å². The topological polar surface area (TPSA) is 356 Å². The van der Waals surface area contributed by atoms with Crippen LogP contribution in [0, 0.1) is 5.92 Å². The number of hydrogen-bond donors (Lipinski definition) is 11. The summed E-state index contributed by atoms with van der Waals surface area (Å²) < 4.78 is 0. The summed E-state index contributed by atoms with van der Waals surface area (Å²) in [6, 6.07) is 0.782. The molecule has 2 aliphatic rings. The molecule has 370 valence electrons. The largest absolute Gasteiger partial charge is 0.508 e. The third-order valence-electron chi connectivity index (χ3n) is 11.7. The van der Waals surface area contributed by atoms with Crippen LogP contribution in [-0.4, -0.2) is 158 Å². The van der Waals surface area contributed by atoms with Gasteiger partial charge in [0.15, 0.2) is 0 Å². The van der Waals surface area contributed by atoms with Crippen LogP contribution in [0.4, 0.5) is 0 Å². The molecule has 0 bridgehead atoms. The monoisotopic (exact) mass is 951 g/mol. The van der Waals surface area contributed by atoms with E-state index in [0.717, 1.165) is 11.3 Å². The molecule has 2 heterocycles. The number of carbonyl (C=O) groups is 10. The summed E-state index contributed by atoms with van der Waals surface area (Å²) in [6.45, 7) is 5.10.